The number of carbonyl (C=O) groups excluding carboxylic acids is 2. The zero-order valence-electron chi connectivity index (χ0n) is 16.4. The molecule has 0 aliphatic heterocycles. The number of H-pyrrole nitrogens is 1. The van der Waals surface area contributed by atoms with Crippen molar-refractivity contribution in [3.05, 3.63) is 65.9 Å². The van der Waals surface area contributed by atoms with E-state index in [1.165, 1.54) is 23.1 Å². The highest BCUT2D eigenvalue weighted by atomic mass is 19.4. The van der Waals surface area contributed by atoms with E-state index in [4.69, 9.17) is 0 Å². The average Bonchev–Trinajstić information content (AvgIpc) is 3.13. The van der Waals surface area contributed by atoms with Crippen LogP contribution in [0.1, 0.15) is 24.5 Å². The second kappa shape index (κ2) is 9.02. The molecule has 0 bridgehead atoms. The Hall–Kier alpha value is -3.29. The smallest absolute Gasteiger partial charge is 0.361 e. The Kier molecular flexibility index (Phi) is 6.44. The van der Waals surface area contributed by atoms with Gasteiger partial charge in [-0.25, -0.2) is 0 Å². The number of benzene rings is 2. The lowest BCUT2D eigenvalue weighted by Gasteiger charge is -2.21. The van der Waals surface area contributed by atoms with Crippen molar-refractivity contribution in [3.8, 4) is 0 Å². The lowest BCUT2D eigenvalue weighted by molar-refractivity contribution is -0.137. The van der Waals surface area contributed by atoms with Crippen LogP contribution >= 0.6 is 0 Å². The number of aromatic amines is 1. The number of nitrogens with zero attached hydrogens (tertiary/aromatic N) is 1. The number of alkyl halides is 3. The van der Waals surface area contributed by atoms with Gasteiger partial charge >= 0.3 is 6.18 Å². The van der Waals surface area contributed by atoms with Crippen LogP contribution < -0.4 is 5.32 Å². The van der Waals surface area contributed by atoms with Gasteiger partial charge in [0.1, 0.15) is 0 Å². The Morgan fingerprint density at radius 1 is 1.07 bits per heavy atom. The molecule has 30 heavy (non-hydrogen) atoms. The van der Waals surface area contributed by atoms with E-state index in [1.807, 2.05) is 30.5 Å². The monoisotopic (exact) mass is 417 g/mol. The van der Waals surface area contributed by atoms with E-state index in [1.54, 1.807) is 6.92 Å². The van der Waals surface area contributed by atoms with Crippen LogP contribution in [0.5, 0.6) is 0 Å². The maximum atomic E-state index is 13.1. The molecule has 0 saturated carbocycles. The molecule has 2 amide bonds. The summed E-state index contributed by atoms with van der Waals surface area (Å²) in [6.07, 6.45) is -2.03. The molecule has 0 unspecified atom stereocenters. The number of halogens is 3. The van der Waals surface area contributed by atoms with Crippen LogP contribution in [0, 0.1) is 0 Å². The standard InChI is InChI=1S/C22H22F3N3O2/c1-2-28(14-20(29)27-19-10-6-4-8-17(19)22(23,24)25)21(30)12-11-15-13-26-18-9-5-3-7-16(15)18/h3-10,13,26H,2,11-12,14H2,1H3,(H,27,29). The lowest BCUT2D eigenvalue weighted by Crippen LogP contribution is -2.38. The van der Waals surface area contributed by atoms with Crippen molar-refractivity contribution >= 4 is 28.4 Å². The molecule has 0 fully saturated rings. The van der Waals surface area contributed by atoms with Crippen LogP contribution in [0.3, 0.4) is 0 Å². The van der Waals surface area contributed by atoms with E-state index < -0.39 is 17.6 Å². The molecule has 5 nitrogen and oxygen atoms in total. The molecule has 0 saturated heterocycles. The number of fused-ring (bicyclic) bond motifs is 1. The SMILES string of the molecule is CCN(CC(=O)Nc1ccccc1C(F)(F)F)C(=O)CCc1c[nH]c2ccccc12. The number of rotatable bonds is 7. The van der Waals surface area contributed by atoms with Gasteiger partial charge in [0, 0.05) is 30.1 Å². The number of nitrogens with one attached hydrogen (secondary N) is 2. The molecule has 3 rings (SSSR count). The largest absolute Gasteiger partial charge is 0.418 e. The number of carbonyl (C=O) groups is 2. The fourth-order valence-electron chi connectivity index (χ4n) is 3.32. The number of anilines is 1. The zero-order valence-corrected chi connectivity index (χ0v) is 16.4. The predicted octanol–water partition coefficient (Wildman–Crippen LogP) is 4.61. The Morgan fingerprint density at radius 3 is 2.50 bits per heavy atom. The minimum absolute atomic E-state index is 0.197. The van der Waals surface area contributed by atoms with Crippen molar-refractivity contribution in [1.29, 1.82) is 0 Å². The summed E-state index contributed by atoms with van der Waals surface area (Å²) < 4.78 is 39.2. The van der Waals surface area contributed by atoms with Gasteiger partial charge < -0.3 is 15.2 Å². The molecule has 0 aliphatic carbocycles. The third-order valence-corrected chi connectivity index (χ3v) is 4.86. The first kappa shape index (κ1) is 21.4. The molecule has 3 aromatic rings. The van der Waals surface area contributed by atoms with E-state index in [0.29, 0.717) is 6.42 Å². The van der Waals surface area contributed by atoms with Gasteiger partial charge in [0.25, 0.3) is 0 Å². The summed E-state index contributed by atoms with van der Waals surface area (Å²) in [6.45, 7) is 1.69. The van der Waals surface area contributed by atoms with Gasteiger partial charge in [-0.3, -0.25) is 9.59 Å². The van der Waals surface area contributed by atoms with Crippen LogP contribution in [-0.2, 0) is 22.2 Å². The summed E-state index contributed by atoms with van der Waals surface area (Å²) in [4.78, 5) is 29.4. The fraction of sp³-hybridized carbons (Fsp3) is 0.273. The average molecular weight is 417 g/mol. The summed E-state index contributed by atoms with van der Waals surface area (Å²) in [5, 5.41) is 3.31. The molecule has 2 N–H and O–H groups in total. The molecular formula is C22H22F3N3O2. The fourth-order valence-corrected chi connectivity index (χ4v) is 3.32. The molecule has 158 valence electrons. The predicted molar refractivity (Wildman–Crippen MR) is 109 cm³/mol. The zero-order chi connectivity index (χ0) is 21.7. The summed E-state index contributed by atoms with van der Waals surface area (Å²) in [5.41, 5.74) is 0.734. The van der Waals surface area contributed by atoms with Gasteiger partial charge in [-0.15, -0.1) is 0 Å². The van der Waals surface area contributed by atoms with Gasteiger partial charge in [-0.1, -0.05) is 30.3 Å². The molecule has 1 heterocycles. The van der Waals surface area contributed by atoms with E-state index in [9.17, 15) is 22.8 Å². The number of likely N-dealkylation sites (N-methyl/N-ethyl adjacent to an activating group) is 1. The Morgan fingerprint density at radius 2 is 1.77 bits per heavy atom. The minimum atomic E-state index is -4.58. The number of aromatic nitrogens is 1. The van der Waals surface area contributed by atoms with Gasteiger partial charge in [-0.2, -0.15) is 13.2 Å². The van der Waals surface area contributed by atoms with Crippen molar-refractivity contribution in [3.63, 3.8) is 0 Å². The first-order valence-electron chi connectivity index (χ1n) is 9.58. The van der Waals surface area contributed by atoms with Gasteiger partial charge in [0.2, 0.25) is 11.8 Å². The van der Waals surface area contributed by atoms with Crippen molar-refractivity contribution in [1.82, 2.24) is 9.88 Å². The van der Waals surface area contributed by atoms with Crippen LogP contribution in [0.15, 0.2) is 54.7 Å². The first-order valence-corrected chi connectivity index (χ1v) is 9.58. The van der Waals surface area contributed by atoms with Gasteiger partial charge in [-0.05, 0) is 37.1 Å². The highest BCUT2D eigenvalue weighted by molar-refractivity contribution is 5.95. The molecule has 0 spiro atoms. The summed E-state index contributed by atoms with van der Waals surface area (Å²) in [5.74, 6) is -0.906. The molecule has 2 aromatic carbocycles. The number of amides is 2. The number of hydrogen-bond acceptors (Lipinski definition) is 2. The maximum absolute atomic E-state index is 13.1. The summed E-state index contributed by atoms with van der Waals surface area (Å²) in [6, 6.07) is 12.5. The highest BCUT2D eigenvalue weighted by Gasteiger charge is 2.33. The Labute approximate surface area is 171 Å². The lowest BCUT2D eigenvalue weighted by atomic mass is 10.1. The second-order valence-electron chi connectivity index (χ2n) is 6.86. The van der Waals surface area contributed by atoms with E-state index in [2.05, 4.69) is 10.3 Å². The van der Waals surface area contributed by atoms with Gasteiger partial charge in [0.15, 0.2) is 0 Å². The molecule has 0 radical (unpaired) electrons. The van der Waals surface area contributed by atoms with Crippen molar-refractivity contribution in [2.75, 3.05) is 18.4 Å². The number of hydrogen-bond donors (Lipinski definition) is 2. The van der Waals surface area contributed by atoms with E-state index in [-0.39, 0.29) is 31.1 Å². The van der Waals surface area contributed by atoms with Crippen LogP contribution in [-0.4, -0.2) is 34.8 Å². The number of aryl methyl sites for hydroxylation is 1. The minimum Gasteiger partial charge on any atom is -0.361 e. The van der Waals surface area contributed by atoms with Crippen LogP contribution in [0.4, 0.5) is 18.9 Å². The summed E-state index contributed by atoms with van der Waals surface area (Å²) in [7, 11) is 0. The number of para-hydroxylation sites is 2. The Bertz CT molecular complexity index is 1040. The van der Waals surface area contributed by atoms with Crippen molar-refractivity contribution in [2.45, 2.75) is 25.9 Å². The first-order chi connectivity index (χ1) is 14.3. The third kappa shape index (κ3) is 5.00. The van der Waals surface area contributed by atoms with E-state index >= 15 is 0 Å². The van der Waals surface area contributed by atoms with Crippen molar-refractivity contribution in [2.24, 2.45) is 0 Å². The highest BCUT2D eigenvalue weighted by Crippen LogP contribution is 2.34. The maximum Gasteiger partial charge on any atom is 0.418 e. The van der Waals surface area contributed by atoms with Crippen LogP contribution in [0.25, 0.3) is 10.9 Å². The van der Waals surface area contributed by atoms with Gasteiger partial charge in [0.05, 0.1) is 17.8 Å². The Balaban J connectivity index is 1.61. The summed E-state index contributed by atoms with van der Waals surface area (Å²) >= 11 is 0. The quantitative estimate of drug-likeness (QED) is 0.590. The topological polar surface area (TPSA) is 65.2 Å². The van der Waals surface area contributed by atoms with Crippen LogP contribution in [0.2, 0.25) is 0 Å². The molecule has 1 aromatic heterocycles. The normalized spacial score (nSPS) is 11.5. The van der Waals surface area contributed by atoms with Crippen molar-refractivity contribution < 1.29 is 22.8 Å². The molecule has 0 atom stereocenters. The molecular weight excluding hydrogens is 395 g/mol. The third-order valence-electron chi connectivity index (χ3n) is 4.86. The molecule has 0 aliphatic rings. The molecule has 8 heteroatoms. The van der Waals surface area contributed by atoms with E-state index in [0.717, 1.165) is 22.5 Å². The second-order valence-corrected chi connectivity index (χ2v) is 6.86.